The minimum absolute atomic E-state index is 0.0243. The highest BCUT2D eigenvalue weighted by atomic mass is 19.1. The third-order valence-electron chi connectivity index (χ3n) is 1.32. The smallest absolute Gasteiger partial charge is 0.158 e. The molecule has 0 atom stereocenters. The predicted molar refractivity (Wildman–Crippen MR) is 34.5 cm³/mol. The quantitative estimate of drug-likeness (QED) is 0.569. The van der Waals surface area contributed by atoms with Crippen LogP contribution in [0.25, 0.3) is 0 Å². The molecule has 0 aromatic rings. The minimum atomic E-state index is -1.88. The van der Waals surface area contributed by atoms with E-state index in [0.29, 0.717) is 0 Å². The molecule has 10 heavy (non-hydrogen) atoms. The fraction of sp³-hybridized carbons (Fsp3) is 1.00. The van der Waals surface area contributed by atoms with Gasteiger partial charge in [-0.05, 0) is 0 Å². The molecule has 0 amide bonds. The largest absolute Gasteiger partial charge is 0.393 e. The maximum Gasteiger partial charge on any atom is 0.158 e. The van der Waals surface area contributed by atoms with Crippen LogP contribution in [-0.2, 0) is 4.74 Å². The highest BCUT2D eigenvalue weighted by molar-refractivity contribution is 4.76. The fourth-order valence-corrected chi connectivity index (χ4v) is 0.493. The summed E-state index contributed by atoms with van der Waals surface area (Å²) in [4.78, 5) is 0. The van der Waals surface area contributed by atoms with Gasteiger partial charge in [-0.1, -0.05) is 0 Å². The van der Waals surface area contributed by atoms with Crippen LogP contribution in [0.2, 0.25) is 0 Å². The maximum absolute atomic E-state index is 12.9. The Hall–Kier alpha value is -0.190. The Morgan fingerprint density at radius 2 is 1.90 bits per heavy atom. The van der Waals surface area contributed by atoms with Crippen LogP contribution >= 0.6 is 0 Å². The van der Waals surface area contributed by atoms with Crippen molar-refractivity contribution in [2.24, 2.45) is 0 Å². The molecule has 0 aliphatic carbocycles. The third-order valence-corrected chi connectivity index (χ3v) is 1.32. The molecule has 0 saturated heterocycles. The molecule has 0 aromatic heterocycles. The second-order valence-electron chi connectivity index (χ2n) is 2.21. The number of aliphatic hydroxyl groups is 2. The van der Waals surface area contributed by atoms with Gasteiger partial charge in [0.2, 0.25) is 0 Å². The van der Waals surface area contributed by atoms with Crippen LogP contribution in [0.4, 0.5) is 4.39 Å². The van der Waals surface area contributed by atoms with Crippen molar-refractivity contribution in [1.82, 2.24) is 0 Å². The molecule has 0 saturated carbocycles. The van der Waals surface area contributed by atoms with Gasteiger partial charge < -0.3 is 14.9 Å². The van der Waals surface area contributed by atoms with E-state index in [2.05, 4.69) is 4.74 Å². The highest BCUT2D eigenvalue weighted by Crippen LogP contribution is 2.13. The molecule has 4 heteroatoms. The lowest BCUT2D eigenvalue weighted by molar-refractivity contribution is -0.00668. The van der Waals surface area contributed by atoms with Gasteiger partial charge in [0.05, 0.1) is 13.2 Å². The van der Waals surface area contributed by atoms with Crippen LogP contribution in [0, 0.1) is 0 Å². The van der Waals surface area contributed by atoms with E-state index in [1.165, 1.54) is 7.11 Å². The van der Waals surface area contributed by atoms with Crippen LogP contribution < -0.4 is 0 Å². The van der Waals surface area contributed by atoms with Crippen LogP contribution in [0.5, 0.6) is 0 Å². The summed E-state index contributed by atoms with van der Waals surface area (Å²) < 4.78 is 17.4. The molecule has 62 valence electrons. The van der Waals surface area contributed by atoms with Gasteiger partial charge >= 0.3 is 0 Å². The van der Waals surface area contributed by atoms with Gasteiger partial charge in [-0.25, -0.2) is 4.39 Å². The number of halogens is 1. The summed E-state index contributed by atoms with van der Waals surface area (Å²) in [7, 11) is 1.44. The first-order valence-electron chi connectivity index (χ1n) is 3.08. The molecule has 2 N–H and O–H groups in total. The maximum atomic E-state index is 12.9. The number of hydrogen-bond donors (Lipinski definition) is 2. The molecule has 0 aliphatic heterocycles. The zero-order chi connectivity index (χ0) is 8.04. The Labute approximate surface area is 59.4 Å². The topological polar surface area (TPSA) is 49.7 Å². The molecule has 0 aliphatic rings. The van der Waals surface area contributed by atoms with Crippen molar-refractivity contribution in [1.29, 1.82) is 0 Å². The average Bonchev–Trinajstić information content (AvgIpc) is 2.00. The number of methoxy groups -OCH3 is 1. The summed E-state index contributed by atoms with van der Waals surface area (Å²) in [5.74, 6) is 0. The van der Waals surface area contributed by atoms with E-state index < -0.39 is 18.9 Å². The Bertz CT molecular complexity index is 83.1. The molecule has 0 radical (unpaired) electrons. The number of alkyl halides is 1. The van der Waals surface area contributed by atoms with Gasteiger partial charge in [-0.3, -0.25) is 0 Å². The molecule has 0 fully saturated rings. The summed E-state index contributed by atoms with van der Waals surface area (Å²) >= 11 is 0. The van der Waals surface area contributed by atoms with Crippen LogP contribution in [-0.4, -0.2) is 42.8 Å². The number of hydrogen-bond acceptors (Lipinski definition) is 3. The molecule has 0 rings (SSSR count). The van der Waals surface area contributed by atoms with Crippen molar-refractivity contribution in [3.63, 3.8) is 0 Å². The van der Waals surface area contributed by atoms with E-state index >= 15 is 0 Å². The van der Waals surface area contributed by atoms with E-state index in [4.69, 9.17) is 10.2 Å². The van der Waals surface area contributed by atoms with Crippen molar-refractivity contribution in [2.75, 3.05) is 26.9 Å². The SMILES string of the molecule is COCCC(F)(CO)CO. The third kappa shape index (κ3) is 3.10. The van der Waals surface area contributed by atoms with Crippen molar-refractivity contribution >= 4 is 0 Å². The Morgan fingerprint density at radius 1 is 1.40 bits per heavy atom. The van der Waals surface area contributed by atoms with Gasteiger partial charge in [0.15, 0.2) is 5.67 Å². The molecular weight excluding hydrogens is 139 g/mol. The van der Waals surface area contributed by atoms with Gasteiger partial charge in [0.1, 0.15) is 0 Å². The lowest BCUT2D eigenvalue weighted by atomic mass is 10.1. The normalized spacial score (nSPS) is 12.0. The van der Waals surface area contributed by atoms with E-state index in [1.807, 2.05) is 0 Å². The summed E-state index contributed by atoms with van der Waals surface area (Å²) in [6.07, 6.45) is 0.0243. The number of aliphatic hydroxyl groups excluding tert-OH is 2. The van der Waals surface area contributed by atoms with Crippen LogP contribution in [0.3, 0.4) is 0 Å². The average molecular weight is 152 g/mol. The molecule has 3 nitrogen and oxygen atoms in total. The first kappa shape index (κ1) is 9.81. The Kier molecular flexibility index (Phi) is 4.51. The molecule has 0 spiro atoms. The Balaban J connectivity index is 3.58. The summed E-state index contributed by atoms with van der Waals surface area (Å²) in [5.41, 5.74) is -1.88. The molecule has 0 aromatic carbocycles. The predicted octanol–water partition coefficient (Wildman–Crippen LogP) is -0.284. The van der Waals surface area contributed by atoms with Crippen LogP contribution in [0.1, 0.15) is 6.42 Å². The van der Waals surface area contributed by atoms with Crippen molar-refractivity contribution in [3.8, 4) is 0 Å². The summed E-state index contributed by atoms with van der Waals surface area (Å²) in [5, 5.41) is 16.8. The second kappa shape index (κ2) is 4.60. The number of ether oxygens (including phenoxy) is 1. The second-order valence-corrected chi connectivity index (χ2v) is 2.21. The zero-order valence-corrected chi connectivity index (χ0v) is 6.01. The molecular formula is C6H13FO3. The Morgan fingerprint density at radius 3 is 2.20 bits per heavy atom. The van der Waals surface area contributed by atoms with Crippen LogP contribution in [0.15, 0.2) is 0 Å². The number of rotatable bonds is 5. The zero-order valence-electron chi connectivity index (χ0n) is 6.01. The minimum Gasteiger partial charge on any atom is -0.393 e. The van der Waals surface area contributed by atoms with E-state index in [9.17, 15) is 4.39 Å². The standard InChI is InChI=1S/C6H13FO3/c1-10-3-2-6(7,4-8)5-9/h8-9H,2-5H2,1H3. The fourth-order valence-electron chi connectivity index (χ4n) is 0.493. The first-order valence-corrected chi connectivity index (χ1v) is 3.08. The van der Waals surface area contributed by atoms with Crippen molar-refractivity contribution in [2.45, 2.75) is 12.1 Å². The van der Waals surface area contributed by atoms with Gasteiger partial charge in [-0.2, -0.15) is 0 Å². The van der Waals surface area contributed by atoms with Gasteiger partial charge in [0.25, 0.3) is 0 Å². The summed E-state index contributed by atoms with van der Waals surface area (Å²) in [6, 6.07) is 0. The first-order chi connectivity index (χ1) is 4.68. The van der Waals surface area contributed by atoms with E-state index in [1.54, 1.807) is 0 Å². The van der Waals surface area contributed by atoms with Crippen molar-refractivity contribution < 1.29 is 19.3 Å². The van der Waals surface area contributed by atoms with E-state index in [0.717, 1.165) is 0 Å². The summed E-state index contributed by atoms with van der Waals surface area (Å²) in [6.45, 7) is -1.11. The lowest BCUT2D eigenvalue weighted by Gasteiger charge is -2.18. The molecule has 0 bridgehead atoms. The highest BCUT2D eigenvalue weighted by Gasteiger charge is 2.26. The van der Waals surface area contributed by atoms with E-state index in [-0.39, 0.29) is 13.0 Å². The van der Waals surface area contributed by atoms with Crippen molar-refractivity contribution in [3.05, 3.63) is 0 Å². The lowest BCUT2D eigenvalue weighted by Crippen LogP contribution is -2.33. The van der Waals surface area contributed by atoms with Gasteiger partial charge in [-0.15, -0.1) is 0 Å². The monoisotopic (exact) mass is 152 g/mol. The molecule has 0 heterocycles. The van der Waals surface area contributed by atoms with Gasteiger partial charge in [0, 0.05) is 20.1 Å². The molecule has 0 unspecified atom stereocenters.